The summed E-state index contributed by atoms with van der Waals surface area (Å²) in [6, 6.07) is 0.360. The number of carbonyl (C=O) groups excluding carboxylic acids is 3. The molecule has 0 aromatic carbocycles. The second kappa shape index (κ2) is 10.9. The van der Waals surface area contributed by atoms with Gasteiger partial charge in [0.05, 0.1) is 19.1 Å². The molecule has 10 heteroatoms. The highest BCUT2D eigenvalue weighted by molar-refractivity contribution is 5.97. The van der Waals surface area contributed by atoms with Gasteiger partial charge in [-0.3, -0.25) is 9.59 Å². The van der Waals surface area contributed by atoms with Crippen molar-refractivity contribution in [3.8, 4) is 11.5 Å². The first kappa shape index (κ1) is 24.4. The predicted molar refractivity (Wildman–Crippen MR) is 109 cm³/mol. The number of cyclic esters (lactones) is 1. The second-order valence-corrected chi connectivity index (χ2v) is 7.54. The van der Waals surface area contributed by atoms with Gasteiger partial charge in [-0.2, -0.15) is 0 Å². The standard InChI is InChI=1S/C21H30N2O8/c1-6-14-18(31-20(26)11(2)3)12(4)30-21(27)13(8-10-29-14)23-19(25)16-17(24)15(28-5)7-9-22-16/h7,9,11-14,18,24H,6,8,10H2,1-5H3,(H,23,25)/t12-,13-,14+,18-/m0/s1. The van der Waals surface area contributed by atoms with E-state index in [2.05, 4.69) is 10.3 Å². The number of nitrogens with one attached hydrogen (secondary N) is 1. The minimum absolute atomic E-state index is 0.0785. The Hall–Kier alpha value is -2.88. The van der Waals surface area contributed by atoms with Crippen LogP contribution in [0.5, 0.6) is 11.5 Å². The summed E-state index contributed by atoms with van der Waals surface area (Å²) in [7, 11) is 1.35. The Balaban J connectivity index is 2.17. The lowest BCUT2D eigenvalue weighted by Crippen LogP contribution is -2.46. The van der Waals surface area contributed by atoms with Crippen LogP contribution < -0.4 is 10.1 Å². The van der Waals surface area contributed by atoms with Gasteiger partial charge in [0, 0.05) is 25.3 Å². The SMILES string of the molecule is CC[C@H]1OCC[C@H](NC(=O)c2nccc(OC)c2O)C(=O)O[C@@H](C)[C@@H]1OC(=O)C(C)C. The minimum Gasteiger partial charge on any atom is -0.503 e. The van der Waals surface area contributed by atoms with E-state index in [0.29, 0.717) is 6.42 Å². The van der Waals surface area contributed by atoms with Gasteiger partial charge in [0.1, 0.15) is 12.1 Å². The third-order valence-electron chi connectivity index (χ3n) is 4.91. The Morgan fingerprint density at radius 2 is 2.10 bits per heavy atom. The number of rotatable bonds is 6. The summed E-state index contributed by atoms with van der Waals surface area (Å²) in [4.78, 5) is 41.3. The molecule has 4 atom stereocenters. The maximum atomic E-state index is 12.7. The first-order valence-corrected chi connectivity index (χ1v) is 10.2. The highest BCUT2D eigenvalue weighted by Gasteiger charge is 2.37. The van der Waals surface area contributed by atoms with E-state index < -0.39 is 47.9 Å². The molecule has 0 aliphatic carbocycles. The number of aromatic hydroxyl groups is 1. The van der Waals surface area contributed by atoms with E-state index in [-0.39, 0.29) is 30.4 Å². The molecule has 0 spiro atoms. The fraction of sp³-hybridized carbons (Fsp3) is 0.619. The van der Waals surface area contributed by atoms with E-state index in [0.717, 1.165) is 0 Å². The quantitative estimate of drug-likeness (QED) is 0.635. The highest BCUT2D eigenvalue weighted by atomic mass is 16.6. The molecule has 1 fully saturated rings. The lowest BCUT2D eigenvalue weighted by Gasteiger charge is -2.30. The number of esters is 2. The van der Waals surface area contributed by atoms with E-state index in [9.17, 15) is 19.5 Å². The molecule has 0 bridgehead atoms. The average Bonchev–Trinajstić information content (AvgIpc) is 2.78. The van der Waals surface area contributed by atoms with Gasteiger partial charge in [-0.15, -0.1) is 0 Å². The number of hydrogen-bond acceptors (Lipinski definition) is 9. The number of amides is 1. The normalized spacial score (nSPS) is 24.4. The molecule has 1 aromatic rings. The van der Waals surface area contributed by atoms with E-state index in [1.54, 1.807) is 20.8 Å². The van der Waals surface area contributed by atoms with Crippen molar-refractivity contribution in [3.05, 3.63) is 18.0 Å². The second-order valence-electron chi connectivity index (χ2n) is 7.54. The van der Waals surface area contributed by atoms with Gasteiger partial charge in [0.25, 0.3) is 5.91 Å². The number of hydrogen-bond donors (Lipinski definition) is 2. The topological polar surface area (TPSA) is 133 Å². The van der Waals surface area contributed by atoms with Gasteiger partial charge >= 0.3 is 11.9 Å². The Labute approximate surface area is 181 Å². The maximum absolute atomic E-state index is 12.7. The van der Waals surface area contributed by atoms with Crippen LogP contribution in [0.25, 0.3) is 0 Å². The molecular formula is C21H30N2O8. The molecule has 1 saturated heterocycles. The first-order valence-electron chi connectivity index (χ1n) is 10.2. The van der Waals surface area contributed by atoms with Crippen molar-refractivity contribution in [2.24, 2.45) is 5.92 Å². The summed E-state index contributed by atoms with van der Waals surface area (Å²) in [6.45, 7) is 7.04. The first-order chi connectivity index (χ1) is 14.7. The van der Waals surface area contributed by atoms with Gasteiger partial charge in [0.15, 0.2) is 23.3 Å². The Kier molecular flexibility index (Phi) is 8.61. The zero-order valence-electron chi connectivity index (χ0n) is 18.4. The monoisotopic (exact) mass is 438 g/mol. The van der Waals surface area contributed by atoms with Crippen molar-refractivity contribution in [2.75, 3.05) is 13.7 Å². The molecule has 172 valence electrons. The van der Waals surface area contributed by atoms with E-state index >= 15 is 0 Å². The van der Waals surface area contributed by atoms with Gasteiger partial charge in [-0.05, 0) is 13.3 Å². The van der Waals surface area contributed by atoms with Crippen molar-refractivity contribution < 1.29 is 38.4 Å². The maximum Gasteiger partial charge on any atom is 0.329 e. The Bertz CT molecular complexity index is 798. The number of carbonyl (C=O) groups is 3. The van der Waals surface area contributed by atoms with Gasteiger partial charge < -0.3 is 29.4 Å². The Morgan fingerprint density at radius 3 is 2.71 bits per heavy atom. The van der Waals surface area contributed by atoms with Crippen molar-refractivity contribution in [3.63, 3.8) is 0 Å². The summed E-state index contributed by atoms with van der Waals surface area (Å²) < 4.78 is 21.9. The van der Waals surface area contributed by atoms with Crippen LogP contribution in [0.4, 0.5) is 0 Å². The molecule has 2 rings (SSSR count). The smallest absolute Gasteiger partial charge is 0.329 e. The van der Waals surface area contributed by atoms with E-state index in [1.165, 1.54) is 19.4 Å². The average molecular weight is 438 g/mol. The number of aromatic nitrogens is 1. The van der Waals surface area contributed by atoms with Crippen LogP contribution in [-0.4, -0.2) is 66.0 Å². The molecule has 31 heavy (non-hydrogen) atoms. The van der Waals surface area contributed by atoms with Crippen LogP contribution >= 0.6 is 0 Å². The Morgan fingerprint density at radius 1 is 1.39 bits per heavy atom. The molecule has 1 aromatic heterocycles. The van der Waals surface area contributed by atoms with Crippen molar-refractivity contribution in [2.45, 2.75) is 64.9 Å². The fourth-order valence-electron chi connectivity index (χ4n) is 3.10. The van der Waals surface area contributed by atoms with Crippen LogP contribution in [0.15, 0.2) is 12.3 Å². The van der Waals surface area contributed by atoms with Gasteiger partial charge in [-0.25, -0.2) is 9.78 Å². The van der Waals surface area contributed by atoms with Gasteiger partial charge in [-0.1, -0.05) is 20.8 Å². The highest BCUT2D eigenvalue weighted by Crippen LogP contribution is 2.27. The zero-order chi connectivity index (χ0) is 23.1. The fourth-order valence-corrected chi connectivity index (χ4v) is 3.10. The molecule has 0 saturated carbocycles. The summed E-state index contributed by atoms with van der Waals surface area (Å²) in [5.41, 5.74) is -0.281. The third-order valence-corrected chi connectivity index (χ3v) is 4.91. The van der Waals surface area contributed by atoms with Crippen molar-refractivity contribution in [1.29, 1.82) is 0 Å². The molecule has 1 aliphatic heterocycles. The van der Waals surface area contributed by atoms with Crippen LogP contribution in [0.1, 0.15) is 51.0 Å². The third kappa shape index (κ3) is 6.06. The number of ether oxygens (including phenoxy) is 4. The predicted octanol–water partition coefficient (Wildman–Crippen LogP) is 1.59. The molecule has 1 aliphatic rings. The molecule has 10 nitrogen and oxygen atoms in total. The van der Waals surface area contributed by atoms with Crippen LogP contribution in [0.2, 0.25) is 0 Å². The van der Waals surface area contributed by atoms with Crippen LogP contribution in [-0.2, 0) is 23.8 Å². The number of nitrogens with zero attached hydrogens (tertiary/aromatic N) is 1. The summed E-state index contributed by atoms with van der Waals surface area (Å²) in [5, 5.41) is 12.7. The molecule has 0 unspecified atom stereocenters. The summed E-state index contributed by atoms with van der Waals surface area (Å²) in [5.74, 6) is -2.58. The van der Waals surface area contributed by atoms with Crippen molar-refractivity contribution in [1.82, 2.24) is 10.3 Å². The molecule has 1 amide bonds. The van der Waals surface area contributed by atoms with Crippen molar-refractivity contribution >= 4 is 17.8 Å². The number of methoxy groups -OCH3 is 1. The summed E-state index contributed by atoms with van der Waals surface area (Å²) >= 11 is 0. The molecule has 2 heterocycles. The summed E-state index contributed by atoms with van der Waals surface area (Å²) in [6.07, 6.45) is -0.0630. The van der Waals surface area contributed by atoms with Crippen LogP contribution in [0, 0.1) is 5.92 Å². The minimum atomic E-state index is -1.04. The van der Waals surface area contributed by atoms with E-state index in [4.69, 9.17) is 18.9 Å². The molecule has 0 radical (unpaired) electrons. The molecular weight excluding hydrogens is 408 g/mol. The number of pyridine rings is 1. The lowest BCUT2D eigenvalue weighted by molar-refractivity contribution is -0.179. The van der Waals surface area contributed by atoms with Crippen LogP contribution in [0.3, 0.4) is 0 Å². The van der Waals surface area contributed by atoms with Gasteiger partial charge in [0.2, 0.25) is 0 Å². The lowest BCUT2D eigenvalue weighted by atomic mass is 10.1. The largest absolute Gasteiger partial charge is 0.503 e. The van der Waals surface area contributed by atoms with E-state index in [1.807, 2.05) is 6.92 Å². The molecule has 2 N–H and O–H groups in total. The zero-order valence-corrected chi connectivity index (χ0v) is 18.4.